The number of nitrogens with one attached hydrogen (secondary N) is 1. The highest BCUT2D eigenvalue weighted by molar-refractivity contribution is 5.99. The molecule has 1 aliphatic heterocycles. The summed E-state index contributed by atoms with van der Waals surface area (Å²) in [6.45, 7) is 2.00. The van der Waals surface area contributed by atoms with E-state index in [1.807, 2.05) is 48.5 Å². The quantitative estimate of drug-likeness (QED) is 0.412. The number of aromatic amines is 1. The molecular weight excluding hydrogens is 394 g/mol. The minimum absolute atomic E-state index is 0.260. The van der Waals surface area contributed by atoms with Crippen molar-refractivity contribution >= 4 is 16.8 Å². The predicted molar refractivity (Wildman–Crippen MR) is 118 cm³/mol. The first-order chi connectivity index (χ1) is 15.1. The number of amides is 1. The molecule has 1 atom stereocenters. The molecule has 156 valence electrons. The number of rotatable bonds is 3. The summed E-state index contributed by atoms with van der Waals surface area (Å²) in [5.41, 5.74) is 3.75. The number of likely N-dealkylation sites (tertiary alicyclic amines) is 1. The predicted octanol–water partition coefficient (Wildman–Crippen LogP) is 6.40. The molecule has 3 nitrogen and oxygen atoms in total. The van der Waals surface area contributed by atoms with Crippen molar-refractivity contribution in [2.45, 2.75) is 25.8 Å². The van der Waals surface area contributed by atoms with Gasteiger partial charge < -0.3 is 9.88 Å². The average Bonchev–Trinajstić information content (AvgIpc) is 3.41. The highest BCUT2D eigenvalue weighted by atomic mass is 19.1. The van der Waals surface area contributed by atoms with Crippen molar-refractivity contribution in [3.63, 3.8) is 0 Å². The summed E-state index contributed by atoms with van der Waals surface area (Å²) >= 11 is 0. The van der Waals surface area contributed by atoms with Crippen LogP contribution in [-0.4, -0.2) is 22.3 Å². The van der Waals surface area contributed by atoms with Gasteiger partial charge in [0, 0.05) is 28.7 Å². The second kappa shape index (κ2) is 7.65. The Hall–Kier alpha value is -3.47. The first kappa shape index (κ1) is 19.5. The Kier molecular flexibility index (Phi) is 4.81. The summed E-state index contributed by atoms with van der Waals surface area (Å²) in [6, 6.07) is 20.3. The molecule has 2 heterocycles. The van der Waals surface area contributed by atoms with Crippen molar-refractivity contribution in [1.29, 1.82) is 0 Å². The van der Waals surface area contributed by atoms with Gasteiger partial charge >= 0.3 is 0 Å². The van der Waals surface area contributed by atoms with Gasteiger partial charge in [-0.05, 0) is 43.0 Å². The molecule has 5 heteroatoms. The van der Waals surface area contributed by atoms with Gasteiger partial charge in [-0.15, -0.1) is 0 Å². The molecule has 4 aromatic rings. The summed E-state index contributed by atoms with van der Waals surface area (Å²) < 4.78 is 29.2. The molecule has 3 aromatic carbocycles. The van der Waals surface area contributed by atoms with E-state index in [1.165, 1.54) is 13.0 Å². The third-order valence-corrected chi connectivity index (χ3v) is 6.14. The van der Waals surface area contributed by atoms with Crippen LogP contribution in [0, 0.1) is 18.6 Å². The standard InChI is InChI=1S/C26H22F2N2O/c1-16-13-14-19(27)23(24(16)28)26(31)30-15-7-12-21(30)25-22(17-8-3-2-4-9-17)18-10-5-6-11-20(18)29-25/h2-6,8-11,13-14,21,29H,7,12,15H2,1H3. The molecule has 1 saturated heterocycles. The number of carbonyl (C=O) groups excluding carboxylic acids is 1. The van der Waals surface area contributed by atoms with Crippen LogP contribution in [0.15, 0.2) is 66.7 Å². The zero-order valence-corrected chi connectivity index (χ0v) is 17.2. The van der Waals surface area contributed by atoms with E-state index < -0.39 is 23.1 Å². The second-order valence-corrected chi connectivity index (χ2v) is 8.04. The lowest BCUT2D eigenvalue weighted by atomic mass is 9.97. The maximum absolute atomic E-state index is 14.7. The molecule has 1 N–H and O–H groups in total. The fraction of sp³-hybridized carbons (Fsp3) is 0.192. The van der Waals surface area contributed by atoms with Gasteiger partial charge in [0.15, 0.2) is 0 Å². The minimum Gasteiger partial charge on any atom is -0.356 e. The molecule has 0 aliphatic carbocycles. The summed E-state index contributed by atoms with van der Waals surface area (Å²) in [5, 5.41) is 1.07. The van der Waals surface area contributed by atoms with E-state index in [4.69, 9.17) is 0 Å². The van der Waals surface area contributed by atoms with Gasteiger partial charge in [0.25, 0.3) is 5.91 Å². The zero-order valence-electron chi connectivity index (χ0n) is 17.2. The van der Waals surface area contributed by atoms with Gasteiger partial charge in [0.2, 0.25) is 0 Å². The van der Waals surface area contributed by atoms with Gasteiger partial charge in [-0.25, -0.2) is 8.78 Å². The Labute approximate surface area is 179 Å². The third kappa shape index (κ3) is 3.21. The highest BCUT2D eigenvalue weighted by Gasteiger charge is 2.36. The van der Waals surface area contributed by atoms with Crippen LogP contribution in [0.25, 0.3) is 22.0 Å². The van der Waals surface area contributed by atoms with E-state index in [1.54, 1.807) is 4.90 Å². The number of para-hydroxylation sites is 1. The monoisotopic (exact) mass is 416 g/mol. The number of aryl methyl sites for hydroxylation is 1. The number of hydrogen-bond acceptors (Lipinski definition) is 1. The normalized spacial score (nSPS) is 16.2. The van der Waals surface area contributed by atoms with Crippen molar-refractivity contribution < 1.29 is 13.6 Å². The van der Waals surface area contributed by atoms with E-state index >= 15 is 0 Å². The number of aromatic nitrogens is 1. The van der Waals surface area contributed by atoms with E-state index in [9.17, 15) is 13.6 Å². The molecule has 1 amide bonds. The smallest absolute Gasteiger partial charge is 0.260 e. The lowest BCUT2D eigenvalue weighted by Crippen LogP contribution is -2.32. The van der Waals surface area contributed by atoms with Crippen LogP contribution in [-0.2, 0) is 0 Å². The van der Waals surface area contributed by atoms with Gasteiger partial charge in [0.1, 0.15) is 17.2 Å². The number of benzene rings is 3. The lowest BCUT2D eigenvalue weighted by Gasteiger charge is -2.26. The number of fused-ring (bicyclic) bond motifs is 1. The van der Waals surface area contributed by atoms with Crippen molar-refractivity contribution in [1.82, 2.24) is 9.88 Å². The Balaban J connectivity index is 1.64. The van der Waals surface area contributed by atoms with Crippen molar-refractivity contribution in [3.8, 4) is 11.1 Å². The Morgan fingerprint density at radius 1 is 1.00 bits per heavy atom. The third-order valence-electron chi connectivity index (χ3n) is 6.14. The largest absolute Gasteiger partial charge is 0.356 e. The number of nitrogens with zero attached hydrogens (tertiary/aromatic N) is 1. The molecule has 0 radical (unpaired) electrons. The van der Waals surface area contributed by atoms with E-state index in [2.05, 4.69) is 11.1 Å². The highest BCUT2D eigenvalue weighted by Crippen LogP contribution is 2.42. The molecule has 1 fully saturated rings. The van der Waals surface area contributed by atoms with Crippen LogP contribution >= 0.6 is 0 Å². The van der Waals surface area contributed by atoms with Crippen LogP contribution in [0.5, 0.6) is 0 Å². The van der Waals surface area contributed by atoms with Crippen LogP contribution < -0.4 is 0 Å². The number of halogens is 2. The SMILES string of the molecule is Cc1ccc(F)c(C(=O)N2CCCC2c2[nH]c3ccccc3c2-c2ccccc2)c1F. The van der Waals surface area contributed by atoms with E-state index in [-0.39, 0.29) is 11.6 Å². The Morgan fingerprint density at radius 3 is 2.55 bits per heavy atom. The first-order valence-corrected chi connectivity index (χ1v) is 10.5. The summed E-state index contributed by atoms with van der Waals surface area (Å²) in [6.07, 6.45) is 1.50. The van der Waals surface area contributed by atoms with Crippen molar-refractivity contribution in [2.75, 3.05) is 6.54 Å². The Morgan fingerprint density at radius 2 is 1.74 bits per heavy atom. The summed E-state index contributed by atoms with van der Waals surface area (Å²) in [7, 11) is 0. The maximum atomic E-state index is 14.7. The maximum Gasteiger partial charge on any atom is 0.260 e. The van der Waals surface area contributed by atoms with Gasteiger partial charge in [0.05, 0.1) is 6.04 Å². The summed E-state index contributed by atoms with van der Waals surface area (Å²) in [5.74, 6) is -2.20. The van der Waals surface area contributed by atoms with E-state index in [0.29, 0.717) is 6.54 Å². The van der Waals surface area contributed by atoms with Gasteiger partial charge in [-0.3, -0.25) is 4.79 Å². The lowest BCUT2D eigenvalue weighted by molar-refractivity contribution is 0.0723. The molecule has 1 aliphatic rings. The first-order valence-electron chi connectivity index (χ1n) is 10.5. The van der Waals surface area contributed by atoms with Crippen molar-refractivity contribution in [2.24, 2.45) is 0 Å². The second-order valence-electron chi connectivity index (χ2n) is 8.04. The van der Waals surface area contributed by atoms with Crippen LogP contribution in [0.4, 0.5) is 8.78 Å². The van der Waals surface area contributed by atoms with Crippen LogP contribution in [0.1, 0.15) is 40.5 Å². The molecule has 1 unspecified atom stereocenters. The molecule has 0 spiro atoms. The molecule has 0 bridgehead atoms. The average molecular weight is 416 g/mol. The summed E-state index contributed by atoms with van der Waals surface area (Å²) in [4.78, 5) is 18.4. The van der Waals surface area contributed by atoms with Crippen LogP contribution in [0.3, 0.4) is 0 Å². The van der Waals surface area contributed by atoms with Crippen molar-refractivity contribution in [3.05, 3.63) is 95.2 Å². The van der Waals surface area contributed by atoms with Crippen LogP contribution in [0.2, 0.25) is 0 Å². The molecular formula is C26H22F2N2O. The van der Waals surface area contributed by atoms with Gasteiger partial charge in [-0.2, -0.15) is 0 Å². The topological polar surface area (TPSA) is 36.1 Å². The molecule has 1 aromatic heterocycles. The number of carbonyl (C=O) groups is 1. The fourth-order valence-corrected chi connectivity index (χ4v) is 4.63. The Bertz CT molecular complexity index is 1280. The molecule has 0 saturated carbocycles. The fourth-order valence-electron chi connectivity index (χ4n) is 4.63. The number of hydrogen-bond donors (Lipinski definition) is 1. The molecule has 31 heavy (non-hydrogen) atoms. The minimum atomic E-state index is -0.821. The molecule has 5 rings (SSSR count). The van der Waals surface area contributed by atoms with Gasteiger partial charge in [-0.1, -0.05) is 54.6 Å². The van der Waals surface area contributed by atoms with E-state index in [0.717, 1.165) is 46.6 Å². The number of H-pyrrole nitrogens is 1. The zero-order chi connectivity index (χ0) is 21.5.